The molecular formula is C16H18O4. The monoisotopic (exact) mass is 274 g/mol. The van der Waals surface area contributed by atoms with E-state index in [-0.39, 0.29) is 24.6 Å². The van der Waals surface area contributed by atoms with Crippen LogP contribution >= 0.6 is 0 Å². The van der Waals surface area contributed by atoms with Crippen LogP contribution in [-0.4, -0.2) is 25.0 Å². The normalized spacial score (nSPS) is 16.4. The van der Waals surface area contributed by atoms with Gasteiger partial charge in [0, 0.05) is 17.6 Å². The number of benzene rings is 1. The van der Waals surface area contributed by atoms with Crippen LogP contribution in [0.2, 0.25) is 0 Å². The van der Waals surface area contributed by atoms with Crippen LogP contribution in [0.3, 0.4) is 0 Å². The van der Waals surface area contributed by atoms with Crippen molar-refractivity contribution in [2.75, 3.05) is 6.61 Å². The van der Waals surface area contributed by atoms with Crippen molar-refractivity contribution in [3.63, 3.8) is 0 Å². The molecule has 0 amide bonds. The van der Waals surface area contributed by atoms with E-state index in [1.807, 2.05) is 6.07 Å². The Morgan fingerprint density at radius 3 is 2.95 bits per heavy atom. The summed E-state index contributed by atoms with van der Waals surface area (Å²) in [6.07, 6.45) is 1.26. The summed E-state index contributed by atoms with van der Waals surface area (Å²) in [6.45, 7) is 7.66. The Morgan fingerprint density at radius 1 is 1.55 bits per heavy atom. The molecule has 0 saturated carbocycles. The maximum atomic E-state index is 11.4. The van der Waals surface area contributed by atoms with Gasteiger partial charge < -0.3 is 9.47 Å². The van der Waals surface area contributed by atoms with E-state index in [1.165, 1.54) is 0 Å². The Balaban J connectivity index is 1.95. The fourth-order valence-corrected chi connectivity index (χ4v) is 1.99. The van der Waals surface area contributed by atoms with Crippen molar-refractivity contribution in [2.45, 2.75) is 26.4 Å². The van der Waals surface area contributed by atoms with Crippen LogP contribution in [0.15, 0.2) is 30.4 Å². The summed E-state index contributed by atoms with van der Waals surface area (Å²) >= 11 is 0. The number of hydrogen-bond donors (Lipinski definition) is 0. The lowest BCUT2D eigenvalue weighted by Crippen LogP contribution is -2.22. The number of hydrogen-bond acceptors (Lipinski definition) is 4. The van der Waals surface area contributed by atoms with Gasteiger partial charge in [0.05, 0.1) is 5.92 Å². The average Bonchev–Trinajstić information content (AvgIpc) is 2.86. The third-order valence-electron chi connectivity index (χ3n) is 3.22. The molecule has 0 aliphatic carbocycles. The Kier molecular flexibility index (Phi) is 4.23. The van der Waals surface area contributed by atoms with E-state index in [2.05, 4.69) is 6.58 Å². The van der Waals surface area contributed by atoms with Crippen LogP contribution in [0.1, 0.15) is 29.8 Å². The van der Waals surface area contributed by atoms with Crippen molar-refractivity contribution in [3.8, 4) is 5.75 Å². The zero-order valence-electron chi connectivity index (χ0n) is 11.7. The van der Waals surface area contributed by atoms with E-state index in [9.17, 15) is 9.59 Å². The maximum Gasteiger partial charge on any atom is 0.308 e. The van der Waals surface area contributed by atoms with Gasteiger partial charge in [-0.3, -0.25) is 9.59 Å². The van der Waals surface area contributed by atoms with Gasteiger partial charge >= 0.3 is 5.97 Å². The van der Waals surface area contributed by atoms with Crippen molar-refractivity contribution in [1.29, 1.82) is 0 Å². The second-order valence-corrected chi connectivity index (χ2v) is 5.22. The molecule has 0 fully saturated rings. The van der Waals surface area contributed by atoms with Gasteiger partial charge in [0.2, 0.25) is 0 Å². The average molecular weight is 274 g/mol. The van der Waals surface area contributed by atoms with Crippen molar-refractivity contribution in [3.05, 3.63) is 41.5 Å². The van der Waals surface area contributed by atoms with Crippen LogP contribution in [0.5, 0.6) is 5.75 Å². The van der Waals surface area contributed by atoms with Crippen LogP contribution in [0.4, 0.5) is 0 Å². The molecule has 0 radical (unpaired) electrons. The minimum absolute atomic E-state index is 0.153. The number of rotatable bonds is 5. The smallest absolute Gasteiger partial charge is 0.308 e. The molecule has 0 saturated heterocycles. The van der Waals surface area contributed by atoms with Gasteiger partial charge in [-0.25, -0.2) is 0 Å². The summed E-state index contributed by atoms with van der Waals surface area (Å²) in [4.78, 5) is 22.2. The molecule has 0 bridgehead atoms. The summed E-state index contributed by atoms with van der Waals surface area (Å²) in [6, 6.07) is 5.32. The quantitative estimate of drug-likeness (QED) is 0.470. The van der Waals surface area contributed by atoms with Crippen molar-refractivity contribution in [2.24, 2.45) is 5.92 Å². The number of fused-ring (bicyclic) bond motifs is 1. The van der Waals surface area contributed by atoms with E-state index in [0.717, 1.165) is 23.2 Å². The van der Waals surface area contributed by atoms with E-state index >= 15 is 0 Å². The first-order chi connectivity index (χ1) is 9.51. The van der Waals surface area contributed by atoms with Gasteiger partial charge in [-0.05, 0) is 23.8 Å². The summed E-state index contributed by atoms with van der Waals surface area (Å²) in [5.41, 5.74) is 2.34. The SMILES string of the molecule is C=C(COC(=O)C(C)C)C1Cc2cc(C=O)ccc2O1. The summed E-state index contributed by atoms with van der Waals surface area (Å²) in [7, 11) is 0. The second-order valence-electron chi connectivity index (χ2n) is 5.22. The molecule has 1 aliphatic rings. The summed E-state index contributed by atoms with van der Waals surface area (Å²) < 4.78 is 10.9. The molecule has 1 unspecified atom stereocenters. The highest BCUT2D eigenvalue weighted by Crippen LogP contribution is 2.31. The van der Waals surface area contributed by atoms with Crippen LogP contribution in [0.25, 0.3) is 0 Å². The highest BCUT2D eigenvalue weighted by atomic mass is 16.5. The molecule has 0 N–H and O–H groups in total. The standard InChI is InChI=1S/C16H18O4/c1-10(2)16(18)19-9-11(3)15-7-13-6-12(8-17)4-5-14(13)20-15/h4-6,8,10,15H,3,7,9H2,1-2H3. The number of carbonyl (C=O) groups excluding carboxylic acids is 2. The maximum absolute atomic E-state index is 11.4. The minimum Gasteiger partial charge on any atom is -0.485 e. The third-order valence-corrected chi connectivity index (χ3v) is 3.22. The molecule has 1 aromatic carbocycles. The number of ether oxygens (including phenoxy) is 2. The lowest BCUT2D eigenvalue weighted by Gasteiger charge is -2.15. The number of aldehydes is 1. The topological polar surface area (TPSA) is 52.6 Å². The van der Waals surface area contributed by atoms with Gasteiger partial charge in [-0.15, -0.1) is 0 Å². The highest BCUT2D eigenvalue weighted by molar-refractivity contribution is 5.76. The van der Waals surface area contributed by atoms with Crippen molar-refractivity contribution < 1.29 is 19.1 Å². The largest absolute Gasteiger partial charge is 0.485 e. The van der Waals surface area contributed by atoms with Gasteiger partial charge in [0.15, 0.2) is 0 Å². The van der Waals surface area contributed by atoms with Crippen molar-refractivity contribution >= 4 is 12.3 Å². The molecule has 4 nitrogen and oxygen atoms in total. The minimum atomic E-state index is -0.245. The first-order valence-corrected chi connectivity index (χ1v) is 6.60. The molecular weight excluding hydrogens is 256 g/mol. The fraction of sp³-hybridized carbons (Fsp3) is 0.375. The summed E-state index contributed by atoms with van der Waals surface area (Å²) in [5.74, 6) is 0.362. The Morgan fingerprint density at radius 2 is 2.30 bits per heavy atom. The molecule has 1 aromatic rings. The molecule has 2 rings (SSSR count). The predicted molar refractivity (Wildman–Crippen MR) is 74.9 cm³/mol. The van der Waals surface area contributed by atoms with Gasteiger partial charge in [0.25, 0.3) is 0 Å². The lowest BCUT2D eigenvalue weighted by molar-refractivity contribution is -0.146. The van der Waals surface area contributed by atoms with E-state index in [0.29, 0.717) is 12.0 Å². The molecule has 106 valence electrons. The number of carbonyl (C=O) groups is 2. The molecule has 1 aliphatic heterocycles. The van der Waals surface area contributed by atoms with Gasteiger partial charge in [-0.1, -0.05) is 20.4 Å². The van der Waals surface area contributed by atoms with Crippen LogP contribution < -0.4 is 4.74 Å². The second kappa shape index (κ2) is 5.90. The Bertz CT molecular complexity index is 545. The van der Waals surface area contributed by atoms with Crippen LogP contribution in [0, 0.1) is 5.92 Å². The third kappa shape index (κ3) is 3.07. The zero-order valence-corrected chi connectivity index (χ0v) is 11.7. The first-order valence-electron chi connectivity index (χ1n) is 6.60. The van der Waals surface area contributed by atoms with E-state index in [4.69, 9.17) is 9.47 Å². The van der Waals surface area contributed by atoms with Crippen molar-refractivity contribution in [1.82, 2.24) is 0 Å². The molecule has 20 heavy (non-hydrogen) atoms. The van der Waals surface area contributed by atoms with Gasteiger partial charge in [0.1, 0.15) is 24.7 Å². The molecule has 1 heterocycles. The number of esters is 1. The first kappa shape index (κ1) is 14.3. The Labute approximate surface area is 118 Å². The summed E-state index contributed by atoms with van der Waals surface area (Å²) in [5, 5.41) is 0. The zero-order chi connectivity index (χ0) is 14.7. The molecule has 1 atom stereocenters. The molecule has 0 spiro atoms. The van der Waals surface area contributed by atoms with E-state index in [1.54, 1.807) is 26.0 Å². The Hall–Kier alpha value is -2.10. The molecule has 0 aromatic heterocycles. The van der Waals surface area contributed by atoms with Crippen LogP contribution in [-0.2, 0) is 16.0 Å². The lowest BCUT2D eigenvalue weighted by atomic mass is 10.0. The van der Waals surface area contributed by atoms with E-state index < -0.39 is 0 Å². The molecule has 4 heteroatoms. The van der Waals surface area contributed by atoms with Gasteiger partial charge in [-0.2, -0.15) is 0 Å². The predicted octanol–water partition coefficient (Wildman–Crippen LogP) is 2.56. The highest BCUT2D eigenvalue weighted by Gasteiger charge is 2.26. The fourth-order valence-electron chi connectivity index (χ4n) is 1.99.